The maximum absolute atomic E-state index is 13.3. The van der Waals surface area contributed by atoms with Crippen LogP contribution in [0.4, 0.5) is 4.39 Å². The van der Waals surface area contributed by atoms with E-state index in [0.29, 0.717) is 22.4 Å². The highest BCUT2D eigenvalue weighted by Crippen LogP contribution is 2.27. The monoisotopic (exact) mass is 313 g/mol. The molecule has 0 atom stereocenters. The first-order valence-corrected chi connectivity index (χ1v) is 7.59. The number of rotatable bonds is 6. The van der Waals surface area contributed by atoms with Gasteiger partial charge in [-0.25, -0.2) is 14.2 Å². The molecule has 7 heteroatoms. The largest absolute Gasteiger partial charge is 0.490 e. The summed E-state index contributed by atoms with van der Waals surface area (Å²) in [4.78, 5) is 15.3. The topological polar surface area (TPSA) is 59.4 Å². The lowest BCUT2D eigenvalue weighted by Gasteiger charge is -2.05. The molecular weight excluding hydrogens is 301 g/mol. The number of ether oxygens (including phenoxy) is 1. The van der Waals surface area contributed by atoms with Gasteiger partial charge in [0.25, 0.3) is 0 Å². The molecule has 2 rings (SSSR count). The highest BCUT2D eigenvalue weighted by molar-refractivity contribution is 8.01. The average Bonchev–Trinajstić information content (AvgIpc) is 2.78. The lowest BCUT2D eigenvalue weighted by molar-refractivity contribution is 0.0701. The van der Waals surface area contributed by atoms with Gasteiger partial charge in [-0.2, -0.15) is 0 Å². The molecule has 0 radical (unpaired) electrons. The fourth-order valence-electron chi connectivity index (χ4n) is 1.47. The maximum Gasteiger partial charge on any atom is 0.347 e. The molecule has 106 valence electrons. The number of aromatic nitrogens is 1. The minimum Gasteiger partial charge on any atom is -0.490 e. The van der Waals surface area contributed by atoms with Crippen molar-refractivity contribution in [3.63, 3.8) is 0 Å². The van der Waals surface area contributed by atoms with Crippen LogP contribution in [0.2, 0.25) is 0 Å². The summed E-state index contributed by atoms with van der Waals surface area (Å²) in [5.74, 6) is -0.569. The molecule has 0 aliphatic heterocycles. The maximum atomic E-state index is 13.3. The van der Waals surface area contributed by atoms with Crippen LogP contribution < -0.4 is 4.74 Å². The van der Waals surface area contributed by atoms with Crippen molar-refractivity contribution in [3.05, 3.63) is 40.7 Å². The highest BCUT2D eigenvalue weighted by atomic mass is 32.2. The third-order valence-electron chi connectivity index (χ3n) is 2.37. The number of thioether (sulfide) groups is 1. The summed E-state index contributed by atoms with van der Waals surface area (Å²) in [6, 6.07) is 6.21. The number of nitrogens with zero attached hydrogens (tertiary/aromatic N) is 1. The zero-order valence-electron chi connectivity index (χ0n) is 10.6. The molecule has 0 aliphatic rings. The molecule has 1 aromatic carbocycles. The van der Waals surface area contributed by atoms with Gasteiger partial charge in [0.1, 0.15) is 4.88 Å². The number of halogens is 1. The average molecular weight is 313 g/mol. The van der Waals surface area contributed by atoms with Gasteiger partial charge in [-0.1, -0.05) is 23.9 Å². The van der Waals surface area contributed by atoms with E-state index in [0.717, 1.165) is 11.3 Å². The number of benzene rings is 1. The molecule has 0 bridgehead atoms. The molecule has 0 amide bonds. The summed E-state index contributed by atoms with van der Waals surface area (Å²) >= 11 is 2.53. The zero-order chi connectivity index (χ0) is 14.5. The lowest BCUT2D eigenvalue weighted by atomic mass is 10.3. The van der Waals surface area contributed by atoms with Crippen molar-refractivity contribution in [1.29, 1.82) is 0 Å². The fraction of sp³-hybridized carbons (Fsp3) is 0.231. The molecule has 0 aliphatic carbocycles. The van der Waals surface area contributed by atoms with Crippen LogP contribution in [0, 0.1) is 12.7 Å². The minimum atomic E-state index is -0.963. The van der Waals surface area contributed by atoms with Crippen molar-refractivity contribution in [2.45, 2.75) is 11.3 Å². The standard InChI is InChI=1S/C13H12FNO3S2/c1-8-11(12(16)17)20-13(15-8)19-7-6-18-10-5-3-2-4-9(10)14/h2-5H,6-7H2,1H3,(H,16,17). The minimum absolute atomic E-state index is 0.217. The van der Waals surface area contributed by atoms with Crippen LogP contribution in [0.25, 0.3) is 0 Å². The summed E-state index contributed by atoms with van der Waals surface area (Å²) in [5.41, 5.74) is 0.514. The number of aryl methyl sites for hydroxylation is 1. The first-order chi connectivity index (χ1) is 9.58. The number of aromatic carboxylic acids is 1. The first kappa shape index (κ1) is 14.8. The van der Waals surface area contributed by atoms with Crippen molar-refractivity contribution in [1.82, 2.24) is 4.98 Å². The van der Waals surface area contributed by atoms with Crippen LogP contribution in [0.1, 0.15) is 15.4 Å². The third-order valence-corrected chi connectivity index (χ3v) is 4.63. The molecule has 1 heterocycles. The fourth-order valence-corrected chi connectivity index (χ4v) is 3.39. The van der Waals surface area contributed by atoms with Crippen LogP contribution in [0.5, 0.6) is 5.75 Å². The number of para-hydroxylation sites is 1. The van der Waals surface area contributed by atoms with E-state index in [1.54, 1.807) is 25.1 Å². The van der Waals surface area contributed by atoms with Crippen LogP contribution in [0.15, 0.2) is 28.6 Å². The van der Waals surface area contributed by atoms with E-state index < -0.39 is 11.8 Å². The molecule has 1 aromatic heterocycles. The number of hydrogen-bond acceptors (Lipinski definition) is 5. The predicted molar refractivity (Wildman–Crippen MR) is 76.4 cm³/mol. The molecule has 0 fully saturated rings. The molecule has 0 saturated heterocycles. The Morgan fingerprint density at radius 2 is 2.25 bits per heavy atom. The Morgan fingerprint density at radius 3 is 2.90 bits per heavy atom. The van der Waals surface area contributed by atoms with Crippen molar-refractivity contribution in [2.24, 2.45) is 0 Å². The number of carboxylic acid groups (broad SMARTS) is 1. The van der Waals surface area contributed by atoms with Gasteiger partial charge in [0.15, 0.2) is 15.9 Å². The van der Waals surface area contributed by atoms with Gasteiger partial charge < -0.3 is 9.84 Å². The van der Waals surface area contributed by atoms with E-state index in [9.17, 15) is 9.18 Å². The van der Waals surface area contributed by atoms with Crippen LogP contribution in [-0.4, -0.2) is 28.4 Å². The van der Waals surface area contributed by atoms with Gasteiger partial charge in [0.2, 0.25) is 0 Å². The predicted octanol–water partition coefficient (Wildman–Crippen LogP) is 3.46. The second-order valence-electron chi connectivity index (χ2n) is 3.83. The van der Waals surface area contributed by atoms with E-state index >= 15 is 0 Å². The van der Waals surface area contributed by atoms with E-state index in [1.165, 1.54) is 17.8 Å². The van der Waals surface area contributed by atoms with Gasteiger partial charge >= 0.3 is 5.97 Å². The van der Waals surface area contributed by atoms with Crippen LogP contribution in [0.3, 0.4) is 0 Å². The summed E-state index contributed by atoms with van der Waals surface area (Å²) in [6.45, 7) is 1.99. The Hall–Kier alpha value is -1.60. The lowest BCUT2D eigenvalue weighted by Crippen LogP contribution is -2.01. The van der Waals surface area contributed by atoms with Crippen LogP contribution >= 0.6 is 23.1 Å². The molecule has 20 heavy (non-hydrogen) atoms. The molecule has 1 N–H and O–H groups in total. The van der Waals surface area contributed by atoms with Gasteiger partial charge in [0, 0.05) is 5.75 Å². The highest BCUT2D eigenvalue weighted by Gasteiger charge is 2.14. The Morgan fingerprint density at radius 1 is 1.50 bits per heavy atom. The quantitative estimate of drug-likeness (QED) is 0.654. The summed E-state index contributed by atoms with van der Waals surface area (Å²) in [5, 5.41) is 8.92. The van der Waals surface area contributed by atoms with Crippen molar-refractivity contribution in [3.8, 4) is 5.75 Å². The van der Waals surface area contributed by atoms with Gasteiger partial charge in [0.05, 0.1) is 12.3 Å². The number of carbonyl (C=O) groups is 1. The van der Waals surface area contributed by atoms with E-state index in [4.69, 9.17) is 9.84 Å². The van der Waals surface area contributed by atoms with Gasteiger partial charge in [-0.05, 0) is 19.1 Å². The van der Waals surface area contributed by atoms with Gasteiger partial charge in [-0.15, -0.1) is 11.3 Å². The molecule has 0 saturated carbocycles. The van der Waals surface area contributed by atoms with Crippen molar-refractivity contribution < 1.29 is 19.0 Å². The Balaban J connectivity index is 1.83. The molecule has 0 unspecified atom stereocenters. The third kappa shape index (κ3) is 3.71. The Labute approximate surface area is 123 Å². The Bertz CT molecular complexity index is 615. The summed E-state index contributed by atoms with van der Waals surface area (Å²) < 4.78 is 19.3. The number of thiazole rings is 1. The van der Waals surface area contributed by atoms with Crippen molar-refractivity contribution in [2.75, 3.05) is 12.4 Å². The number of hydrogen-bond donors (Lipinski definition) is 1. The SMILES string of the molecule is Cc1nc(SCCOc2ccccc2F)sc1C(=O)O. The number of carboxylic acids is 1. The normalized spacial score (nSPS) is 10.5. The molecule has 4 nitrogen and oxygen atoms in total. The van der Waals surface area contributed by atoms with E-state index in [-0.39, 0.29) is 10.6 Å². The zero-order valence-corrected chi connectivity index (χ0v) is 12.3. The van der Waals surface area contributed by atoms with Crippen molar-refractivity contribution >= 4 is 29.1 Å². The molecule has 2 aromatic rings. The molecule has 0 spiro atoms. The smallest absolute Gasteiger partial charge is 0.347 e. The first-order valence-electron chi connectivity index (χ1n) is 5.79. The Kier molecular flexibility index (Phi) is 4.97. The second kappa shape index (κ2) is 6.71. The van der Waals surface area contributed by atoms with E-state index in [1.807, 2.05) is 0 Å². The summed E-state index contributed by atoms with van der Waals surface area (Å²) in [6.07, 6.45) is 0. The van der Waals surface area contributed by atoms with E-state index in [2.05, 4.69) is 4.98 Å². The molecular formula is C13H12FNO3S2. The summed E-state index contributed by atoms with van der Waals surface area (Å²) in [7, 11) is 0. The van der Waals surface area contributed by atoms with Gasteiger partial charge in [-0.3, -0.25) is 0 Å². The second-order valence-corrected chi connectivity index (χ2v) is 6.17. The van der Waals surface area contributed by atoms with Crippen LogP contribution in [-0.2, 0) is 0 Å².